The predicted octanol–water partition coefficient (Wildman–Crippen LogP) is 2.16. The van der Waals surface area contributed by atoms with E-state index in [0.29, 0.717) is 11.3 Å². The van der Waals surface area contributed by atoms with E-state index in [9.17, 15) is 19.8 Å². The summed E-state index contributed by atoms with van der Waals surface area (Å²) < 4.78 is 1.01. The van der Waals surface area contributed by atoms with Gasteiger partial charge in [0.1, 0.15) is 5.57 Å². The van der Waals surface area contributed by atoms with E-state index in [1.165, 1.54) is 29.3 Å². The number of anilines is 1. The fourth-order valence-electron chi connectivity index (χ4n) is 2.13. The number of phenolic OH excluding ortho intramolecular Hbond substituents is 2. The van der Waals surface area contributed by atoms with Crippen LogP contribution >= 0.6 is 22.6 Å². The van der Waals surface area contributed by atoms with Crippen LogP contribution in [0.5, 0.6) is 11.5 Å². The normalized spacial score (nSPS) is 16.0. The van der Waals surface area contributed by atoms with Crippen molar-refractivity contribution in [1.82, 2.24) is 5.43 Å². The van der Waals surface area contributed by atoms with Crippen molar-refractivity contribution < 1.29 is 19.8 Å². The molecule has 3 N–H and O–H groups in total. The second-order valence-corrected chi connectivity index (χ2v) is 6.11. The fraction of sp³-hybridized carbons (Fsp3) is 0. The average Bonchev–Trinajstić information content (AvgIpc) is 2.80. The second-order valence-electron chi connectivity index (χ2n) is 4.86. The number of nitrogens with one attached hydrogen (secondary N) is 1. The minimum Gasteiger partial charge on any atom is -0.504 e. The van der Waals surface area contributed by atoms with Crippen LogP contribution in [-0.4, -0.2) is 22.0 Å². The van der Waals surface area contributed by atoms with Gasteiger partial charge in [-0.05, 0) is 70.6 Å². The van der Waals surface area contributed by atoms with Crippen molar-refractivity contribution in [2.75, 3.05) is 5.01 Å². The zero-order valence-electron chi connectivity index (χ0n) is 11.7. The number of amides is 2. The number of hydrogen-bond acceptors (Lipinski definition) is 4. The maximum absolute atomic E-state index is 12.4. The summed E-state index contributed by atoms with van der Waals surface area (Å²) in [4.78, 5) is 24.5. The van der Waals surface area contributed by atoms with Gasteiger partial charge in [-0.15, -0.1) is 0 Å². The molecule has 0 bridgehead atoms. The third kappa shape index (κ3) is 3.00. The van der Waals surface area contributed by atoms with Crippen molar-refractivity contribution >= 4 is 46.2 Å². The lowest BCUT2D eigenvalue weighted by molar-refractivity contribution is -0.117. The standard InChI is InChI=1S/C16H11IN2O4/c17-10-2-4-11(5-3-10)19-16(23)12(15(22)18-19)7-9-1-6-13(20)14(21)8-9/h1-8,20-21H,(H,18,22). The molecule has 1 aliphatic heterocycles. The van der Waals surface area contributed by atoms with E-state index in [2.05, 4.69) is 28.0 Å². The van der Waals surface area contributed by atoms with Crippen molar-refractivity contribution in [1.29, 1.82) is 0 Å². The third-order valence-corrected chi connectivity index (χ3v) is 4.01. The second kappa shape index (κ2) is 5.92. The number of carbonyl (C=O) groups excluding carboxylic acids is 2. The number of hydrazine groups is 1. The van der Waals surface area contributed by atoms with E-state index < -0.39 is 11.8 Å². The van der Waals surface area contributed by atoms with E-state index in [4.69, 9.17) is 0 Å². The predicted molar refractivity (Wildman–Crippen MR) is 92.5 cm³/mol. The number of benzene rings is 2. The van der Waals surface area contributed by atoms with Crippen molar-refractivity contribution in [3.05, 3.63) is 57.2 Å². The Morgan fingerprint density at radius 2 is 1.70 bits per heavy atom. The molecule has 3 rings (SSSR count). The summed E-state index contributed by atoms with van der Waals surface area (Å²) in [6, 6.07) is 11.2. The number of hydrogen-bond donors (Lipinski definition) is 3. The first-order chi connectivity index (χ1) is 11.0. The van der Waals surface area contributed by atoms with E-state index in [-0.39, 0.29) is 17.1 Å². The largest absolute Gasteiger partial charge is 0.504 e. The maximum Gasteiger partial charge on any atom is 0.282 e. The lowest BCUT2D eigenvalue weighted by Gasteiger charge is -2.14. The Labute approximate surface area is 145 Å². The molecule has 1 saturated heterocycles. The number of aromatic hydroxyl groups is 2. The fourth-order valence-corrected chi connectivity index (χ4v) is 2.49. The highest BCUT2D eigenvalue weighted by molar-refractivity contribution is 14.1. The highest BCUT2D eigenvalue weighted by Crippen LogP contribution is 2.27. The average molecular weight is 422 g/mol. The molecule has 1 heterocycles. The zero-order valence-corrected chi connectivity index (χ0v) is 13.8. The topological polar surface area (TPSA) is 89.9 Å². The van der Waals surface area contributed by atoms with Gasteiger partial charge in [-0.2, -0.15) is 0 Å². The van der Waals surface area contributed by atoms with Crippen LogP contribution < -0.4 is 10.4 Å². The maximum atomic E-state index is 12.4. The summed E-state index contributed by atoms with van der Waals surface area (Å²) in [7, 11) is 0. The lowest BCUT2D eigenvalue weighted by Crippen LogP contribution is -2.35. The van der Waals surface area contributed by atoms with E-state index >= 15 is 0 Å². The molecule has 2 amide bonds. The molecule has 2 aromatic rings. The molecule has 0 aliphatic carbocycles. The van der Waals surface area contributed by atoms with Gasteiger partial charge in [-0.25, -0.2) is 5.01 Å². The van der Waals surface area contributed by atoms with Gasteiger partial charge in [-0.1, -0.05) is 6.07 Å². The van der Waals surface area contributed by atoms with E-state index in [1.807, 2.05) is 12.1 Å². The molecular weight excluding hydrogens is 411 g/mol. The minimum atomic E-state index is -0.527. The molecular formula is C16H11IN2O4. The molecule has 1 aliphatic rings. The molecule has 116 valence electrons. The van der Waals surface area contributed by atoms with Crippen LogP contribution in [0.2, 0.25) is 0 Å². The van der Waals surface area contributed by atoms with Gasteiger partial charge in [0.25, 0.3) is 11.8 Å². The molecule has 7 heteroatoms. The van der Waals surface area contributed by atoms with Gasteiger partial charge < -0.3 is 10.2 Å². The van der Waals surface area contributed by atoms with Crippen LogP contribution in [0.3, 0.4) is 0 Å². The first-order valence-corrected chi connectivity index (χ1v) is 7.68. The quantitative estimate of drug-likeness (QED) is 0.300. The van der Waals surface area contributed by atoms with Crippen LogP contribution in [0.1, 0.15) is 5.56 Å². The highest BCUT2D eigenvalue weighted by atomic mass is 127. The van der Waals surface area contributed by atoms with Gasteiger partial charge in [0.05, 0.1) is 5.69 Å². The van der Waals surface area contributed by atoms with E-state index in [1.54, 1.807) is 12.1 Å². The van der Waals surface area contributed by atoms with Crippen molar-refractivity contribution in [3.8, 4) is 11.5 Å². The Hall–Kier alpha value is -2.55. The summed E-state index contributed by atoms with van der Waals surface area (Å²) >= 11 is 2.15. The van der Waals surface area contributed by atoms with Gasteiger partial charge in [0, 0.05) is 3.57 Å². The Morgan fingerprint density at radius 3 is 2.35 bits per heavy atom. The number of rotatable bonds is 2. The number of nitrogens with zero attached hydrogens (tertiary/aromatic N) is 1. The molecule has 23 heavy (non-hydrogen) atoms. The molecule has 0 saturated carbocycles. The third-order valence-electron chi connectivity index (χ3n) is 3.29. The first-order valence-electron chi connectivity index (χ1n) is 6.60. The summed E-state index contributed by atoms with van der Waals surface area (Å²) in [6.45, 7) is 0. The Bertz CT molecular complexity index is 830. The molecule has 0 spiro atoms. The summed E-state index contributed by atoms with van der Waals surface area (Å²) in [6.07, 6.45) is 1.36. The number of phenols is 2. The smallest absolute Gasteiger partial charge is 0.282 e. The van der Waals surface area contributed by atoms with Crippen LogP contribution in [-0.2, 0) is 9.59 Å². The molecule has 1 fully saturated rings. The SMILES string of the molecule is O=C1NN(c2ccc(I)cc2)C(=O)C1=Cc1ccc(O)c(O)c1. The van der Waals surface area contributed by atoms with Crippen molar-refractivity contribution in [3.63, 3.8) is 0 Å². The van der Waals surface area contributed by atoms with Crippen LogP contribution in [0.25, 0.3) is 6.08 Å². The first kappa shape index (κ1) is 15.3. The monoisotopic (exact) mass is 422 g/mol. The van der Waals surface area contributed by atoms with E-state index in [0.717, 1.165) is 3.57 Å². The zero-order chi connectivity index (χ0) is 16.6. The summed E-state index contributed by atoms with van der Waals surface area (Å²) in [5.74, 6) is -1.60. The molecule has 2 aromatic carbocycles. The van der Waals surface area contributed by atoms with Crippen molar-refractivity contribution in [2.45, 2.75) is 0 Å². The molecule has 0 aromatic heterocycles. The molecule has 0 radical (unpaired) electrons. The number of halogens is 1. The lowest BCUT2D eigenvalue weighted by atomic mass is 10.1. The minimum absolute atomic E-state index is 0.0476. The summed E-state index contributed by atoms with van der Waals surface area (Å²) in [5.41, 5.74) is 3.44. The summed E-state index contributed by atoms with van der Waals surface area (Å²) in [5, 5.41) is 20.0. The molecule has 0 atom stereocenters. The molecule has 6 nitrogen and oxygen atoms in total. The van der Waals surface area contributed by atoms with Crippen LogP contribution in [0.15, 0.2) is 48.0 Å². The number of carbonyl (C=O) groups is 2. The van der Waals surface area contributed by atoms with Gasteiger partial charge in [0.2, 0.25) is 0 Å². The highest BCUT2D eigenvalue weighted by Gasteiger charge is 2.34. The Morgan fingerprint density at radius 1 is 1.00 bits per heavy atom. The van der Waals surface area contributed by atoms with Crippen LogP contribution in [0, 0.1) is 3.57 Å². The van der Waals surface area contributed by atoms with Crippen LogP contribution in [0.4, 0.5) is 5.69 Å². The van der Waals surface area contributed by atoms with Gasteiger partial charge in [0.15, 0.2) is 11.5 Å². The Balaban J connectivity index is 1.93. The van der Waals surface area contributed by atoms with Crippen molar-refractivity contribution in [2.24, 2.45) is 0 Å². The Kier molecular flexibility index (Phi) is 3.95. The van der Waals surface area contributed by atoms with Gasteiger partial charge >= 0.3 is 0 Å². The molecule has 0 unspecified atom stereocenters. The van der Waals surface area contributed by atoms with Gasteiger partial charge in [-0.3, -0.25) is 15.0 Å².